The van der Waals surface area contributed by atoms with E-state index in [1.54, 1.807) is 0 Å². The monoisotopic (exact) mass is 254 g/mol. The van der Waals surface area contributed by atoms with E-state index in [0.717, 1.165) is 23.0 Å². The van der Waals surface area contributed by atoms with E-state index in [9.17, 15) is 4.79 Å². The first-order valence-corrected chi connectivity index (χ1v) is 5.93. The molecule has 19 heavy (non-hydrogen) atoms. The molecule has 2 aromatic carbocycles. The van der Waals surface area contributed by atoms with Crippen molar-refractivity contribution in [1.29, 1.82) is 0 Å². The molecule has 1 N–H and O–H groups in total. The Morgan fingerprint density at radius 3 is 2.26 bits per heavy atom. The highest BCUT2D eigenvalue weighted by Gasteiger charge is 1.97. The molecule has 0 spiro atoms. The van der Waals surface area contributed by atoms with E-state index in [4.69, 9.17) is 9.84 Å². The van der Waals surface area contributed by atoms with Crippen molar-refractivity contribution >= 4 is 5.97 Å². The lowest BCUT2D eigenvalue weighted by Gasteiger charge is -2.05. The third-order valence-corrected chi connectivity index (χ3v) is 2.57. The van der Waals surface area contributed by atoms with Gasteiger partial charge >= 0.3 is 5.97 Å². The van der Waals surface area contributed by atoms with Crippen LogP contribution in [-0.4, -0.2) is 17.7 Å². The number of aliphatic carboxylic acids is 1. The van der Waals surface area contributed by atoms with E-state index in [1.807, 2.05) is 54.6 Å². The van der Waals surface area contributed by atoms with Crippen molar-refractivity contribution in [3.05, 3.63) is 66.7 Å². The number of hydrogen-bond donors (Lipinski definition) is 1. The molecule has 2 aromatic rings. The maximum atomic E-state index is 10.3. The van der Waals surface area contributed by atoms with Gasteiger partial charge in [-0.25, -0.2) is 4.79 Å². The SMILES string of the molecule is O=C(O)/C=C/COc1ccc(-c2ccccc2)cc1. The minimum absolute atomic E-state index is 0.247. The Labute approximate surface area is 111 Å². The zero-order valence-corrected chi connectivity index (χ0v) is 10.3. The van der Waals surface area contributed by atoms with Gasteiger partial charge in [0.05, 0.1) is 0 Å². The second-order valence-electron chi connectivity index (χ2n) is 3.94. The van der Waals surface area contributed by atoms with Crippen LogP contribution < -0.4 is 4.74 Å². The van der Waals surface area contributed by atoms with E-state index in [-0.39, 0.29) is 6.61 Å². The smallest absolute Gasteiger partial charge is 0.328 e. The average molecular weight is 254 g/mol. The minimum Gasteiger partial charge on any atom is -0.490 e. The zero-order chi connectivity index (χ0) is 13.5. The van der Waals surface area contributed by atoms with Gasteiger partial charge in [-0.2, -0.15) is 0 Å². The van der Waals surface area contributed by atoms with E-state index < -0.39 is 5.97 Å². The van der Waals surface area contributed by atoms with Crippen molar-refractivity contribution in [2.45, 2.75) is 0 Å². The molecule has 0 aromatic heterocycles. The van der Waals surface area contributed by atoms with Crippen LogP contribution in [0.2, 0.25) is 0 Å². The van der Waals surface area contributed by atoms with Crippen LogP contribution in [-0.2, 0) is 4.79 Å². The van der Waals surface area contributed by atoms with Crippen LogP contribution in [0.25, 0.3) is 11.1 Å². The third-order valence-electron chi connectivity index (χ3n) is 2.57. The highest BCUT2D eigenvalue weighted by molar-refractivity contribution is 5.79. The lowest BCUT2D eigenvalue weighted by Crippen LogP contribution is -1.95. The number of carboxylic acid groups (broad SMARTS) is 1. The van der Waals surface area contributed by atoms with Gasteiger partial charge in [0.1, 0.15) is 12.4 Å². The fourth-order valence-corrected chi connectivity index (χ4v) is 1.67. The minimum atomic E-state index is -0.969. The van der Waals surface area contributed by atoms with Gasteiger partial charge in [0.15, 0.2) is 0 Å². The Hall–Kier alpha value is -2.55. The predicted molar refractivity (Wildman–Crippen MR) is 74.1 cm³/mol. The summed E-state index contributed by atoms with van der Waals surface area (Å²) in [5, 5.41) is 8.43. The molecule has 0 aliphatic carbocycles. The molecule has 0 aliphatic rings. The Balaban J connectivity index is 1.97. The lowest BCUT2D eigenvalue weighted by molar-refractivity contribution is -0.131. The van der Waals surface area contributed by atoms with E-state index in [2.05, 4.69) is 0 Å². The van der Waals surface area contributed by atoms with Gasteiger partial charge in [-0.1, -0.05) is 42.5 Å². The standard InChI is InChI=1S/C16H14O3/c17-16(18)7-4-12-19-15-10-8-14(9-11-15)13-5-2-1-3-6-13/h1-11H,12H2,(H,17,18)/b7-4+. The van der Waals surface area contributed by atoms with Crippen LogP contribution in [0.15, 0.2) is 66.7 Å². The molecule has 0 bridgehead atoms. The summed E-state index contributed by atoms with van der Waals surface area (Å²) >= 11 is 0. The molecular formula is C16H14O3. The van der Waals surface area contributed by atoms with Crippen LogP contribution in [0.4, 0.5) is 0 Å². The molecule has 0 radical (unpaired) electrons. The van der Waals surface area contributed by atoms with Crippen LogP contribution in [0.3, 0.4) is 0 Å². The predicted octanol–water partition coefficient (Wildman–Crippen LogP) is 3.37. The Bertz CT molecular complexity index is 556. The summed E-state index contributed by atoms with van der Waals surface area (Å²) in [5.41, 5.74) is 2.27. The summed E-state index contributed by atoms with van der Waals surface area (Å²) in [4.78, 5) is 10.3. The molecule has 0 saturated carbocycles. The molecule has 2 rings (SSSR count). The van der Waals surface area contributed by atoms with Gasteiger partial charge in [0, 0.05) is 6.08 Å². The van der Waals surface area contributed by atoms with Crippen molar-refractivity contribution in [1.82, 2.24) is 0 Å². The van der Waals surface area contributed by atoms with Crippen LogP contribution in [0.5, 0.6) is 5.75 Å². The highest BCUT2D eigenvalue weighted by Crippen LogP contribution is 2.21. The van der Waals surface area contributed by atoms with Crippen LogP contribution in [0, 0.1) is 0 Å². The van der Waals surface area contributed by atoms with Gasteiger partial charge in [0.25, 0.3) is 0 Å². The Morgan fingerprint density at radius 1 is 1.00 bits per heavy atom. The number of ether oxygens (including phenoxy) is 1. The van der Waals surface area contributed by atoms with Gasteiger partial charge in [-0.05, 0) is 29.3 Å². The summed E-state index contributed by atoms with van der Waals surface area (Å²) in [7, 11) is 0. The van der Waals surface area contributed by atoms with Crippen LogP contribution in [0.1, 0.15) is 0 Å². The van der Waals surface area contributed by atoms with Crippen molar-refractivity contribution in [3.63, 3.8) is 0 Å². The van der Waals surface area contributed by atoms with Gasteiger partial charge in [0.2, 0.25) is 0 Å². The molecule has 0 amide bonds. The molecule has 0 unspecified atom stereocenters. The van der Waals surface area contributed by atoms with Gasteiger partial charge in [-0.15, -0.1) is 0 Å². The summed E-state index contributed by atoms with van der Waals surface area (Å²) in [6.07, 6.45) is 2.53. The average Bonchev–Trinajstić information content (AvgIpc) is 2.45. The quantitative estimate of drug-likeness (QED) is 0.832. The van der Waals surface area contributed by atoms with Gasteiger partial charge < -0.3 is 9.84 Å². The Morgan fingerprint density at radius 2 is 1.63 bits per heavy atom. The van der Waals surface area contributed by atoms with Crippen molar-refractivity contribution < 1.29 is 14.6 Å². The first kappa shape index (κ1) is 12.9. The van der Waals surface area contributed by atoms with E-state index in [1.165, 1.54) is 6.08 Å². The van der Waals surface area contributed by atoms with Crippen molar-refractivity contribution in [2.24, 2.45) is 0 Å². The Kier molecular flexibility index (Phi) is 4.34. The molecule has 0 atom stereocenters. The maximum absolute atomic E-state index is 10.3. The normalized spacial score (nSPS) is 10.5. The highest BCUT2D eigenvalue weighted by atomic mass is 16.5. The van der Waals surface area contributed by atoms with Crippen LogP contribution >= 0.6 is 0 Å². The summed E-state index contributed by atoms with van der Waals surface area (Å²) < 4.78 is 5.40. The molecule has 0 saturated heterocycles. The molecule has 3 nitrogen and oxygen atoms in total. The van der Waals surface area contributed by atoms with E-state index >= 15 is 0 Å². The number of carboxylic acids is 1. The maximum Gasteiger partial charge on any atom is 0.328 e. The lowest BCUT2D eigenvalue weighted by atomic mass is 10.1. The molecular weight excluding hydrogens is 240 g/mol. The second-order valence-corrected chi connectivity index (χ2v) is 3.94. The summed E-state index contributed by atoms with van der Waals surface area (Å²) in [6, 6.07) is 17.8. The first-order chi connectivity index (χ1) is 9.25. The number of hydrogen-bond acceptors (Lipinski definition) is 2. The summed E-state index contributed by atoms with van der Waals surface area (Å²) in [5.74, 6) is -0.252. The molecule has 0 fully saturated rings. The van der Waals surface area contributed by atoms with Crippen molar-refractivity contribution in [3.8, 4) is 16.9 Å². The zero-order valence-electron chi connectivity index (χ0n) is 10.3. The number of rotatable bonds is 5. The second kappa shape index (κ2) is 6.40. The number of carbonyl (C=O) groups is 1. The van der Waals surface area contributed by atoms with Crippen molar-refractivity contribution in [2.75, 3.05) is 6.61 Å². The third kappa shape index (κ3) is 4.00. The molecule has 96 valence electrons. The molecule has 0 aliphatic heterocycles. The number of benzene rings is 2. The topological polar surface area (TPSA) is 46.5 Å². The summed E-state index contributed by atoms with van der Waals surface area (Å²) in [6.45, 7) is 0.247. The van der Waals surface area contributed by atoms with E-state index in [0.29, 0.717) is 0 Å². The largest absolute Gasteiger partial charge is 0.490 e. The first-order valence-electron chi connectivity index (χ1n) is 5.93. The van der Waals surface area contributed by atoms with Gasteiger partial charge in [-0.3, -0.25) is 0 Å². The molecule has 0 heterocycles. The fraction of sp³-hybridized carbons (Fsp3) is 0.0625. The molecule has 3 heteroatoms. The fourth-order valence-electron chi connectivity index (χ4n) is 1.67.